The fraction of sp³-hybridized carbons (Fsp3) is 0.429. The van der Waals surface area contributed by atoms with Crippen molar-refractivity contribution in [2.24, 2.45) is 0 Å². The van der Waals surface area contributed by atoms with E-state index in [-0.39, 0.29) is 0 Å². The molecule has 0 N–H and O–H groups in total. The van der Waals surface area contributed by atoms with Gasteiger partial charge in [-0.3, -0.25) is 9.59 Å². The number of hydrogen-bond acceptors (Lipinski definition) is 4. The number of carbonyl (C=O) groups excluding carboxylic acids is 2. The van der Waals surface area contributed by atoms with Crippen LogP contribution in [-0.4, -0.2) is 18.0 Å². The Bertz CT molecular complexity index is 514. The predicted molar refractivity (Wildman–Crippen MR) is 69.6 cm³/mol. The number of esters is 2. The fourth-order valence-electron chi connectivity index (χ4n) is 2.38. The van der Waals surface area contributed by atoms with Crippen LogP contribution in [0.4, 0.5) is 0 Å². The van der Waals surface area contributed by atoms with Crippen LogP contribution in [0.1, 0.15) is 31.4 Å². The topological polar surface area (TPSA) is 52.6 Å². The molecular formula is C14H15ClO4. The van der Waals surface area contributed by atoms with E-state index >= 15 is 0 Å². The average molecular weight is 283 g/mol. The molecule has 2 atom stereocenters. The molecule has 1 aliphatic rings. The first kappa shape index (κ1) is 13.9. The molecule has 0 aromatic heterocycles. The molecule has 0 radical (unpaired) electrons. The van der Waals surface area contributed by atoms with Gasteiger partial charge >= 0.3 is 11.9 Å². The second-order valence-electron chi connectivity index (χ2n) is 4.53. The number of alkyl halides is 1. The quantitative estimate of drug-likeness (QED) is 0.618. The van der Waals surface area contributed by atoms with E-state index in [9.17, 15) is 9.59 Å². The Labute approximate surface area is 116 Å². The molecule has 19 heavy (non-hydrogen) atoms. The van der Waals surface area contributed by atoms with Gasteiger partial charge < -0.3 is 9.47 Å². The van der Waals surface area contributed by atoms with Gasteiger partial charge in [-0.25, -0.2) is 0 Å². The summed E-state index contributed by atoms with van der Waals surface area (Å²) in [5.41, 5.74) is 1.69. The molecule has 1 aromatic carbocycles. The number of carbonyl (C=O) groups is 2. The molecule has 0 saturated heterocycles. The minimum absolute atomic E-state index is 0.443. The number of hydrogen-bond donors (Lipinski definition) is 0. The Hall–Kier alpha value is -1.55. The van der Waals surface area contributed by atoms with Crippen LogP contribution < -0.4 is 0 Å². The first-order valence-electron chi connectivity index (χ1n) is 6.07. The summed E-state index contributed by atoms with van der Waals surface area (Å²) in [6.45, 7) is 2.60. The Morgan fingerprint density at radius 2 is 1.95 bits per heavy atom. The lowest BCUT2D eigenvalue weighted by atomic mass is 9.86. The van der Waals surface area contributed by atoms with E-state index in [0.29, 0.717) is 12.0 Å². The summed E-state index contributed by atoms with van der Waals surface area (Å²) in [6.07, 6.45) is 0.572. The third kappa shape index (κ3) is 2.73. The van der Waals surface area contributed by atoms with Crippen LogP contribution in [0.3, 0.4) is 0 Å². The SMILES string of the molecule is CC(=O)OC1CCc2ccccc2C1(Cl)OC(C)=O. The number of fused-ring (bicyclic) bond motifs is 1. The molecule has 1 aliphatic carbocycles. The summed E-state index contributed by atoms with van der Waals surface area (Å²) in [5.74, 6) is -0.953. The molecule has 0 saturated carbocycles. The summed E-state index contributed by atoms with van der Waals surface area (Å²) < 4.78 is 10.5. The summed E-state index contributed by atoms with van der Waals surface area (Å²) in [7, 11) is 0. The van der Waals surface area contributed by atoms with Crippen LogP contribution in [0, 0.1) is 0 Å². The number of halogens is 1. The summed E-state index contributed by atoms with van der Waals surface area (Å²) >= 11 is 6.49. The Morgan fingerprint density at radius 3 is 2.58 bits per heavy atom. The molecule has 0 heterocycles. The van der Waals surface area contributed by atoms with Gasteiger partial charge in [-0.2, -0.15) is 0 Å². The van der Waals surface area contributed by atoms with Crippen molar-refractivity contribution in [1.82, 2.24) is 0 Å². The molecule has 2 unspecified atom stereocenters. The molecule has 0 aliphatic heterocycles. The van der Waals surface area contributed by atoms with Crippen LogP contribution in [0.5, 0.6) is 0 Å². The molecule has 4 nitrogen and oxygen atoms in total. The highest BCUT2D eigenvalue weighted by Gasteiger charge is 2.48. The Kier molecular flexibility index (Phi) is 3.80. The van der Waals surface area contributed by atoms with E-state index in [4.69, 9.17) is 21.1 Å². The largest absolute Gasteiger partial charge is 0.456 e. The van der Waals surface area contributed by atoms with Gasteiger partial charge in [0.1, 0.15) is 0 Å². The van der Waals surface area contributed by atoms with Gasteiger partial charge in [-0.1, -0.05) is 35.9 Å². The number of aryl methyl sites for hydroxylation is 1. The van der Waals surface area contributed by atoms with Crippen LogP contribution in [-0.2, 0) is 30.5 Å². The monoisotopic (exact) mass is 282 g/mol. The minimum atomic E-state index is -1.44. The second kappa shape index (κ2) is 5.21. The third-order valence-corrected chi connectivity index (χ3v) is 3.60. The number of rotatable bonds is 2. The minimum Gasteiger partial charge on any atom is -0.456 e. The highest BCUT2D eigenvalue weighted by atomic mass is 35.5. The van der Waals surface area contributed by atoms with Gasteiger partial charge in [0.15, 0.2) is 6.10 Å². The fourth-order valence-corrected chi connectivity index (χ4v) is 2.83. The smallest absolute Gasteiger partial charge is 0.304 e. The summed E-state index contributed by atoms with van der Waals surface area (Å²) in [4.78, 5) is 22.5. The van der Waals surface area contributed by atoms with Crippen molar-refractivity contribution in [2.75, 3.05) is 0 Å². The molecule has 0 bridgehead atoms. The zero-order valence-electron chi connectivity index (χ0n) is 10.8. The average Bonchev–Trinajstić information content (AvgIpc) is 2.32. The van der Waals surface area contributed by atoms with Gasteiger partial charge in [-0.15, -0.1) is 0 Å². The van der Waals surface area contributed by atoms with E-state index in [1.807, 2.05) is 18.2 Å². The first-order chi connectivity index (χ1) is 8.93. The molecule has 2 rings (SSSR count). The van der Waals surface area contributed by atoms with Crippen molar-refractivity contribution >= 4 is 23.5 Å². The van der Waals surface area contributed by atoms with E-state index < -0.39 is 23.1 Å². The van der Waals surface area contributed by atoms with E-state index in [0.717, 1.165) is 12.0 Å². The molecule has 102 valence electrons. The van der Waals surface area contributed by atoms with Crippen molar-refractivity contribution < 1.29 is 19.1 Å². The maximum Gasteiger partial charge on any atom is 0.304 e. The van der Waals surface area contributed by atoms with Crippen LogP contribution in [0.2, 0.25) is 0 Å². The third-order valence-electron chi connectivity index (χ3n) is 3.08. The van der Waals surface area contributed by atoms with E-state index in [2.05, 4.69) is 0 Å². The van der Waals surface area contributed by atoms with E-state index in [1.54, 1.807) is 6.07 Å². The molecule has 1 aromatic rings. The maximum absolute atomic E-state index is 11.3. The first-order valence-corrected chi connectivity index (χ1v) is 6.45. The number of ether oxygens (including phenoxy) is 2. The van der Waals surface area contributed by atoms with Crippen molar-refractivity contribution in [1.29, 1.82) is 0 Å². The van der Waals surface area contributed by atoms with Crippen LogP contribution in [0.15, 0.2) is 24.3 Å². The van der Waals surface area contributed by atoms with Crippen molar-refractivity contribution in [2.45, 2.75) is 37.9 Å². The molecule has 5 heteroatoms. The zero-order chi connectivity index (χ0) is 14.0. The molecule has 0 amide bonds. The lowest BCUT2D eigenvalue weighted by molar-refractivity contribution is -0.174. The van der Waals surface area contributed by atoms with Gasteiger partial charge in [-0.05, 0) is 18.4 Å². The van der Waals surface area contributed by atoms with Crippen molar-refractivity contribution in [3.63, 3.8) is 0 Å². The van der Waals surface area contributed by atoms with Gasteiger partial charge in [0.05, 0.1) is 0 Å². The molecule has 0 fully saturated rings. The normalized spacial score (nSPS) is 25.3. The molecule has 0 spiro atoms. The standard InChI is InChI=1S/C14H15ClO4/c1-9(16)18-13-8-7-11-5-3-4-6-12(11)14(13,15)19-10(2)17/h3-6,13H,7-8H2,1-2H3. The highest BCUT2D eigenvalue weighted by Crippen LogP contribution is 2.43. The van der Waals surface area contributed by atoms with Crippen molar-refractivity contribution in [3.05, 3.63) is 35.4 Å². The van der Waals surface area contributed by atoms with Gasteiger partial charge in [0.25, 0.3) is 0 Å². The summed E-state index contributed by atoms with van der Waals surface area (Å²) in [6, 6.07) is 7.44. The lowest BCUT2D eigenvalue weighted by Gasteiger charge is -2.38. The predicted octanol–water partition coefficient (Wildman–Crippen LogP) is 2.52. The second-order valence-corrected chi connectivity index (χ2v) is 5.09. The van der Waals surface area contributed by atoms with Gasteiger partial charge in [0.2, 0.25) is 5.06 Å². The van der Waals surface area contributed by atoms with Gasteiger partial charge in [0, 0.05) is 19.4 Å². The lowest BCUT2D eigenvalue weighted by Crippen LogP contribution is -2.44. The van der Waals surface area contributed by atoms with E-state index in [1.165, 1.54) is 13.8 Å². The number of benzene rings is 1. The zero-order valence-corrected chi connectivity index (χ0v) is 11.6. The van der Waals surface area contributed by atoms with Crippen LogP contribution >= 0.6 is 11.6 Å². The van der Waals surface area contributed by atoms with Crippen molar-refractivity contribution in [3.8, 4) is 0 Å². The van der Waals surface area contributed by atoms with Crippen LogP contribution in [0.25, 0.3) is 0 Å². The Morgan fingerprint density at radius 1 is 1.26 bits per heavy atom. The maximum atomic E-state index is 11.3. The Balaban J connectivity index is 2.44. The summed E-state index contributed by atoms with van der Waals surface area (Å²) in [5, 5.41) is -1.44. The molecular weight excluding hydrogens is 268 g/mol. The highest BCUT2D eigenvalue weighted by molar-refractivity contribution is 6.24.